The molecule has 17 heavy (non-hydrogen) atoms. The van der Waals surface area contributed by atoms with Crippen LogP contribution in [0.3, 0.4) is 0 Å². The van der Waals surface area contributed by atoms with Gasteiger partial charge < -0.3 is 5.32 Å². The minimum absolute atomic E-state index is 0.628. The first-order valence-corrected chi connectivity index (χ1v) is 7.19. The monoisotopic (exact) mass is 258 g/mol. The maximum absolute atomic E-state index is 5.78. The quantitative estimate of drug-likeness (QED) is 0.833. The standard InChI is InChI=1S/C14H27ClN2/c1-11(2)7-14-10-17(9-12(3)8-15)13(4)5-6-16-14/h8,11,13-14,16H,5-7,9-10H2,1-4H3. The number of nitrogens with one attached hydrogen (secondary N) is 1. The van der Waals surface area contributed by atoms with Crippen molar-refractivity contribution < 1.29 is 0 Å². The van der Waals surface area contributed by atoms with Crippen LogP contribution < -0.4 is 5.32 Å². The number of hydrogen-bond acceptors (Lipinski definition) is 2. The Morgan fingerprint density at radius 2 is 2.24 bits per heavy atom. The molecule has 1 heterocycles. The van der Waals surface area contributed by atoms with Gasteiger partial charge in [-0.1, -0.05) is 25.4 Å². The van der Waals surface area contributed by atoms with Gasteiger partial charge in [0.25, 0.3) is 0 Å². The fourth-order valence-electron chi connectivity index (χ4n) is 2.51. The highest BCUT2D eigenvalue weighted by atomic mass is 35.5. The Kier molecular flexibility index (Phi) is 6.53. The van der Waals surface area contributed by atoms with Gasteiger partial charge >= 0.3 is 0 Å². The number of hydrogen-bond donors (Lipinski definition) is 1. The van der Waals surface area contributed by atoms with E-state index in [0.717, 1.165) is 25.6 Å². The minimum atomic E-state index is 0.628. The highest BCUT2D eigenvalue weighted by Gasteiger charge is 2.23. The lowest BCUT2D eigenvalue weighted by molar-refractivity contribution is 0.214. The predicted octanol–water partition coefficient (Wildman–Crippen LogP) is 3.23. The molecule has 0 aliphatic carbocycles. The molecule has 2 nitrogen and oxygen atoms in total. The van der Waals surface area contributed by atoms with Crippen LogP contribution >= 0.6 is 11.6 Å². The normalized spacial score (nSPS) is 28.5. The molecule has 0 aromatic heterocycles. The molecule has 0 aromatic rings. The first-order chi connectivity index (χ1) is 8.02. The van der Waals surface area contributed by atoms with Gasteiger partial charge in [0.1, 0.15) is 0 Å². The Morgan fingerprint density at radius 1 is 1.53 bits per heavy atom. The molecule has 1 fully saturated rings. The molecular formula is C14H27ClN2. The lowest BCUT2D eigenvalue weighted by Gasteiger charge is -2.29. The van der Waals surface area contributed by atoms with E-state index in [1.54, 1.807) is 5.54 Å². The molecule has 1 saturated heterocycles. The van der Waals surface area contributed by atoms with Crippen LogP contribution in [-0.4, -0.2) is 36.6 Å². The summed E-state index contributed by atoms with van der Waals surface area (Å²) in [5.74, 6) is 0.757. The van der Waals surface area contributed by atoms with Crippen LogP contribution in [0.25, 0.3) is 0 Å². The summed E-state index contributed by atoms with van der Waals surface area (Å²) < 4.78 is 0. The van der Waals surface area contributed by atoms with E-state index in [9.17, 15) is 0 Å². The van der Waals surface area contributed by atoms with Crippen LogP contribution in [0, 0.1) is 5.92 Å². The summed E-state index contributed by atoms with van der Waals surface area (Å²) in [6.45, 7) is 12.3. The van der Waals surface area contributed by atoms with E-state index in [2.05, 4.69) is 37.9 Å². The van der Waals surface area contributed by atoms with Crippen LogP contribution in [-0.2, 0) is 0 Å². The molecular weight excluding hydrogens is 232 g/mol. The molecule has 1 aliphatic heterocycles. The molecule has 1 rings (SSSR count). The molecule has 0 saturated carbocycles. The number of rotatable bonds is 4. The van der Waals surface area contributed by atoms with Crippen molar-refractivity contribution in [1.82, 2.24) is 10.2 Å². The van der Waals surface area contributed by atoms with E-state index >= 15 is 0 Å². The topological polar surface area (TPSA) is 15.3 Å². The third-order valence-corrected chi connectivity index (χ3v) is 3.84. The highest BCUT2D eigenvalue weighted by molar-refractivity contribution is 6.25. The summed E-state index contributed by atoms with van der Waals surface area (Å²) in [5, 5.41) is 3.67. The van der Waals surface area contributed by atoms with E-state index < -0.39 is 0 Å². The average Bonchev–Trinajstić information content (AvgIpc) is 2.41. The average molecular weight is 259 g/mol. The van der Waals surface area contributed by atoms with Gasteiger partial charge in [0.15, 0.2) is 0 Å². The molecule has 0 radical (unpaired) electrons. The fourth-order valence-corrected chi connectivity index (χ4v) is 2.58. The Morgan fingerprint density at radius 3 is 2.82 bits per heavy atom. The molecule has 2 atom stereocenters. The number of nitrogens with zero attached hydrogens (tertiary/aromatic N) is 1. The van der Waals surface area contributed by atoms with Gasteiger partial charge in [-0.25, -0.2) is 0 Å². The van der Waals surface area contributed by atoms with E-state index in [1.807, 2.05) is 0 Å². The van der Waals surface area contributed by atoms with Gasteiger partial charge in [-0.3, -0.25) is 4.90 Å². The number of halogens is 1. The van der Waals surface area contributed by atoms with Crippen molar-refractivity contribution in [1.29, 1.82) is 0 Å². The molecule has 1 aliphatic rings. The summed E-state index contributed by atoms with van der Waals surface area (Å²) in [5.41, 5.74) is 2.96. The molecule has 1 N–H and O–H groups in total. The van der Waals surface area contributed by atoms with E-state index in [4.69, 9.17) is 11.6 Å². The largest absolute Gasteiger partial charge is 0.313 e. The van der Waals surface area contributed by atoms with Gasteiger partial charge in [0, 0.05) is 30.7 Å². The lowest BCUT2D eigenvalue weighted by atomic mass is 10.0. The molecule has 0 spiro atoms. The van der Waals surface area contributed by atoms with Crippen LogP contribution in [0.15, 0.2) is 11.1 Å². The van der Waals surface area contributed by atoms with Gasteiger partial charge in [-0.2, -0.15) is 0 Å². The first-order valence-electron chi connectivity index (χ1n) is 6.76. The van der Waals surface area contributed by atoms with Crippen molar-refractivity contribution in [3.63, 3.8) is 0 Å². The third-order valence-electron chi connectivity index (χ3n) is 3.47. The zero-order valence-electron chi connectivity index (χ0n) is 11.7. The predicted molar refractivity (Wildman–Crippen MR) is 76.5 cm³/mol. The third kappa shape index (κ3) is 5.41. The van der Waals surface area contributed by atoms with E-state index in [1.165, 1.54) is 18.4 Å². The van der Waals surface area contributed by atoms with Gasteiger partial charge in [0.05, 0.1) is 0 Å². The molecule has 0 aromatic carbocycles. The van der Waals surface area contributed by atoms with Gasteiger partial charge in [-0.15, -0.1) is 0 Å². The van der Waals surface area contributed by atoms with Crippen molar-refractivity contribution in [2.24, 2.45) is 5.92 Å². The fraction of sp³-hybridized carbons (Fsp3) is 0.857. The smallest absolute Gasteiger partial charge is 0.0205 e. The van der Waals surface area contributed by atoms with Gasteiger partial charge in [-0.05, 0) is 44.7 Å². The minimum Gasteiger partial charge on any atom is -0.313 e. The first kappa shape index (κ1) is 15.0. The second-order valence-corrected chi connectivity index (χ2v) is 6.02. The van der Waals surface area contributed by atoms with E-state index in [0.29, 0.717) is 12.1 Å². The SMILES string of the molecule is CC(=CCl)CN1CC(CC(C)C)NCCC1C. The van der Waals surface area contributed by atoms with Crippen molar-refractivity contribution in [3.05, 3.63) is 11.1 Å². The molecule has 3 heteroatoms. The molecule has 2 unspecified atom stereocenters. The summed E-state index contributed by atoms with van der Waals surface area (Å²) in [6, 6.07) is 1.27. The molecule has 100 valence electrons. The zero-order chi connectivity index (χ0) is 12.8. The van der Waals surface area contributed by atoms with Crippen molar-refractivity contribution in [2.45, 2.75) is 52.6 Å². The van der Waals surface area contributed by atoms with E-state index in [-0.39, 0.29) is 0 Å². The second-order valence-electron chi connectivity index (χ2n) is 5.80. The Balaban J connectivity index is 2.58. The van der Waals surface area contributed by atoms with Gasteiger partial charge in [0.2, 0.25) is 0 Å². The second kappa shape index (κ2) is 7.40. The highest BCUT2D eigenvalue weighted by Crippen LogP contribution is 2.15. The molecule has 0 amide bonds. The maximum Gasteiger partial charge on any atom is 0.0205 e. The summed E-state index contributed by atoms with van der Waals surface area (Å²) in [7, 11) is 0. The molecule has 0 bridgehead atoms. The van der Waals surface area contributed by atoms with Crippen molar-refractivity contribution in [2.75, 3.05) is 19.6 Å². The Hall–Kier alpha value is -0.0500. The summed E-state index contributed by atoms with van der Waals surface area (Å²) in [6.07, 6.45) is 2.48. The van der Waals surface area contributed by atoms with Crippen molar-refractivity contribution >= 4 is 11.6 Å². The Labute approximate surface area is 111 Å². The maximum atomic E-state index is 5.78. The lowest BCUT2D eigenvalue weighted by Crippen LogP contribution is -2.41. The van der Waals surface area contributed by atoms with Crippen LogP contribution in [0.5, 0.6) is 0 Å². The summed E-state index contributed by atoms with van der Waals surface area (Å²) in [4.78, 5) is 2.56. The van der Waals surface area contributed by atoms with Crippen LogP contribution in [0.4, 0.5) is 0 Å². The van der Waals surface area contributed by atoms with Crippen LogP contribution in [0.2, 0.25) is 0 Å². The van der Waals surface area contributed by atoms with Crippen molar-refractivity contribution in [3.8, 4) is 0 Å². The van der Waals surface area contributed by atoms with Crippen LogP contribution in [0.1, 0.15) is 40.5 Å². The Bertz CT molecular complexity index is 251. The zero-order valence-corrected chi connectivity index (χ0v) is 12.4. The summed E-state index contributed by atoms with van der Waals surface area (Å²) >= 11 is 5.78.